The molecule has 0 fully saturated rings. The maximum atomic E-state index is 11.8. The first kappa shape index (κ1) is 14.7. The monoisotopic (exact) mass is 250 g/mol. The molecule has 0 aliphatic heterocycles. The van der Waals surface area contributed by atoms with Crippen molar-refractivity contribution in [2.24, 2.45) is 0 Å². The summed E-state index contributed by atoms with van der Waals surface area (Å²) in [4.78, 5) is 11.8. The number of carbonyl (C=O) groups is 1. The standard InChI is InChI=1S/C15H22O3/c1-11(2)17-10-12-6-8-13(9-7-12)14(16)18-15(3,4)5/h6-9,11H,10H2,1-5H3. The van der Waals surface area contributed by atoms with Crippen molar-refractivity contribution in [1.29, 1.82) is 0 Å². The molecule has 0 unspecified atom stereocenters. The van der Waals surface area contributed by atoms with Crippen LogP contribution in [0.5, 0.6) is 0 Å². The van der Waals surface area contributed by atoms with E-state index in [1.54, 1.807) is 12.1 Å². The van der Waals surface area contributed by atoms with Gasteiger partial charge in [-0.25, -0.2) is 4.79 Å². The zero-order chi connectivity index (χ0) is 13.8. The van der Waals surface area contributed by atoms with Crippen LogP contribution in [0, 0.1) is 0 Å². The molecule has 0 aliphatic rings. The van der Waals surface area contributed by atoms with Gasteiger partial charge in [0.2, 0.25) is 0 Å². The summed E-state index contributed by atoms with van der Waals surface area (Å²) in [6, 6.07) is 7.32. The predicted molar refractivity (Wildman–Crippen MR) is 71.5 cm³/mol. The van der Waals surface area contributed by atoms with E-state index in [-0.39, 0.29) is 12.1 Å². The van der Waals surface area contributed by atoms with Crippen molar-refractivity contribution in [3.63, 3.8) is 0 Å². The summed E-state index contributed by atoms with van der Waals surface area (Å²) in [7, 11) is 0. The third kappa shape index (κ3) is 5.32. The number of benzene rings is 1. The molecule has 0 aromatic heterocycles. The van der Waals surface area contributed by atoms with E-state index in [9.17, 15) is 4.79 Å². The second-order valence-corrected chi connectivity index (χ2v) is 5.56. The molecule has 0 amide bonds. The molecule has 0 N–H and O–H groups in total. The minimum atomic E-state index is -0.462. The van der Waals surface area contributed by atoms with Gasteiger partial charge < -0.3 is 9.47 Å². The maximum absolute atomic E-state index is 11.8. The van der Waals surface area contributed by atoms with Crippen LogP contribution in [0.1, 0.15) is 50.5 Å². The molecule has 0 spiro atoms. The van der Waals surface area contributed by atoms with Crippen molar-refractivity contribution in [1.82, 2.24) is 0 Å². The molecule has 18 heavy (non-hydrogen) atoms. The molecule has 3 nitrogen and oxygen atoms in total. The summed E-state index contributed by atoms with van der Waals surface area (Å²) < 4.78 is 10.8. The van der Waals surface area contributed by atoms with Crippen molar-refractivity contribution in [2.75, 3.05) is 0 Å². The van der Waals surface area contributed by atoms with Crippen LogP contribution in [0.15, 0.2) is 24.3 Å². The van der Waals surface area contributed by atoms with Gasteiger partial charge in [-0.05, 0) is 52.3 Å². The van der Waals surface area contributed by atoms with Crippen molar-refractivity contribution in [3.05, 3.63) is 35.4 Å². The van der Waals surface area contributed by atoms with Gasteiger partial charge in [0, 0.05) is 0 Å². The highest BCUT2D eigenvalue weighted by molar-refractivity contribution is 5.89. The topological polar surface area (TPSA) is 35.5 Å². The molecule has 0 saturated heterocycles. The Bertz CT molecular complexity index is 385. The summed E-state index contributed by atoms with van der Waals surface area (Å²) in [6.07, 6.45) is 0.204. The van der Waals surface area contributed by atoms with Crippen LogP contribution >= 0.6 is 0 Å². The maximum Gasteiger partial charge on any atom is 0.338 e. The molecule has 1 rings (SSSR count). The summed E-state index contributed by atoms with van der Waals surface area (Å²) in [5, 5.41) is 0. The Hall–Kier alpha value is -1.35. The lowest BCUT2D eigenvalue weighted by atomic mass is 10.1. The molecule has 1 aromatic carbocycles. The van der Waals surface area contributed by atoms with E-state index in [4.69, 9.17) is 9.47 Å². The molecule has 100 valence electrons. The lowest BCUT2D eigenvalue weighted by Crippen LogP contribution is -2.23. The molecule has 0 heterocycles. The van der Waals surface area contributed by atoms with Gasteiger partial charge in [-0.15, -0.1) is 0 Å². The average molecular weight is 250 g/mol. The Morgan fingerprint density at radius 3 is 2.17 bits per heavy atom. The smallest absolute Gasteiger partial charge is 0.338 e. The number of ether oxygens (including phenoxy) is 2. The molecule has 0 aliphatic carbocycles. The normalized spacial score (nSPS) is 11.7. The molecule has 0 atom stereocenters. The summed E-state index contributed by atoms with van der Waals surface area (Å²) in [6.45, 7) is 10.1. The SMILES string of the molecule is CC(C)OCc1ccc(C(=O)OC(C)(C)C)cc1. The molecule has 3 heteroatoms. The van der Waals surface area contributed by atoms with Crippen molar-refractivity contribution in [3.8, 4) is 0 Å². The quantitative estimate of drug-likeness (QED) is 0.766. The largest absolute Gasteiger partial charge is 0.456 e. The summed E-state index contributed by atoms with van der Waals surface area (Å²) >= 11 is 0. The van der Waals surface area contributed by atoms with E-state index in [0.717, 1.165) is 5.56 Å². The number of rotatable bonds is 4. The Kier molecular flexibility index (Phi) is 4.91. The second-order valence-electron chi connectivity index (χ2n) is 5.56. The first-order valence-electron chi connectivity index (χ1n) is 6.22. The Balaban J connectivity index is 2.62. The third-order valence-corrected chi connectivity index (χ3v) is 2.17. The number of carbonyl (C=O) groups excluding carboxylic acids is 1. The number of hydrogen-bond acceptors (Lipinski definition) is 3. The number of esters is 1. The van der Waals surface area contributed by atoms with Crippen molar-refractivity contribution < 1.29 is 14.3 Å². The van der Waals surface area contributed by atoms with Crippen LogP contribution in [-0.2, 0) is 16.1 Å². The zero-order valence-electron chi connectivity index (χ0n) is 11.8. The van der Waals surface area contributed by atoms with Crippen molar-refractivity contribution >= 4 is 5.97 Å². The van der Waals surface area contributed by atoms with E-state index in [1.165, 1.54) is 0 Å². The van der Waals surface area contributed by atoms with E-state index in [2.05, 4.69) is 0 Å². The fourth-order valence-electron chi connectivity index (χ4n) is 1.34. The molecular formula is C15H22O3. The molecule has 0 saturated carbocycles. The van der Waals surface area contributed by atoms with E-state index in [1.807, 2.05) is 46.8 Å². The highest BCUT2D eigenvalue weighted by Gasteiger charge is 2.17. The van der Waals surface area contributed by atoms with Gasteiger partial charge in [0.15, 0.2) is 0 Å². The average Bonchev–Trinajstić information content (AvgIpc) is 2.24. The van der Waals surface area contributed by atoms with Crippen LogP contribution < -0.4 is 0 Å². The third-order valence-electron chi connectivity index (χ3n) is 2.17. The minimum Gasteiger partial charge on any atom is -0.456 e. The predicted octanol–water partition coefficient (Wildman–Crippen LogP) is 3.57. The van der Waals surface area contributed by atoms with E-state index < -0.39 is 5.60 Å². The van der Waals surface area contributed by atoms with Crippen LogP contribution in [-0.4, -0.2) is 17.7 Å². The fraction of sp³-hybridized carbons (Fsp3) is 0.533. The van der Waals surface area contributed by atoms with Gasteiger partial charge in [0.1, 0.15) is 5.60 Å². The van der Waals surface area contributed by atoms with Crippen LogP contribution in [0.25, 0.3) is 0 Å². The fourth-order valence-corrected chi connectivity index (χ4v) is 1.34. The lowest BCUT2D eigenvalue weighted by Gasteiger charge is -2.19. The Labute approximate surface area is 109 Å². The van der Waals surface area contributed by atoms with Gasteiger partial charge in [-0.3, -0.25) is 0 Å². The van der Waals surface area contributed by atoms with Gasteiger partial charge in [-0.2, -0.15) is 0 Å². The number of hydrogen-bond donors (Lipinski definition) is 0. The second kappa shape index (κ2) is 6.01. The van der Waals surface area contributed by atoms with Gasteiger partial charge >= 0.3 is 5.97 Å². The summed E-state index contributed by atoms with van der Waals surface area (Å²) in [5.74, 6) is -0.293. The first-order valence-corrected chi connectivity index (χ1v) is 6.22. The molecular weight excluding hydrogens is 228 g/mol. The minimum absolute atomic E-state index is 0.204. The highest BCUT2D eigenvalue weighted by Crippen LogP contribution is 2.13. The Morgan fingerprint density at radius 1 is 1.17 bits per heavy atom. The molecule has 1 aromatic rings. The van der Waals surface area contributed by atoms with Crippen LogP contribution in [0.2, 0.25) is 0 Å². The van der Waals surface area contributed by atoms with Crippen LogP contribution in [0.3, 0.4) is 0 Å². The van der Waals surface area contributed by atoms with Gasteiger partial charge in [0.25, 0.3) is 0 Å². The highest BCUT2D eigenvalue weighted by atomic mass is 16.6. The lowest BCUT2D eigenvalue weighted by molar-refractivity contribution is 0.00693. The molecule has 0 radical (unpaired) electrons. The van der Waals surface area contributed by atoms with Gasteiger partial charge in [0.05, 0.1) is 18.3 Å². The van der Waals surface area contributed by atoms with E-state index in [0.29, 0.717) is 12.2 Å². The summed E-state index contributed by atoms with van der Waals surface area (Å²) in [5.41, 5.74) is 1.16. The Morgan fingerprint density at radius 2 is 1.72 bits per heavy atom. The first-order chi connectivity index (χ1) is 8.28. The van der Waals surface area contributed by atoms with Gasteiger partial charge in [-0.1, -0.05) is 12.1 Å². The van der Waals surface area contributed by atoms with Crippen molar-refractivity contribution in [2.45, 2.75) is 52.9 Å². The zero-order valence-corrected chi connectivity index (χ0v) is 11.8. The molecule has 0 bridgehead atoms. The van der Waals surface area contributed by atoms with Crippen LogP contribution in [0.4, 0.5) is 0 Å². The van der Waals surface area contributed by atoms with E-state index >= 15 is 0 Å².